The average Bonchev–Trinajstić information content (AvgIpc) is 2.73. The van der Waals surface area contributed by atoms with E-state index in [9.17, 15) is 4.79 Å². The number of aromatic nitrogens is 1. The molecule has 1 aliphatic heterocycles. The van der Waals surface area contributed by atoms with E-state index in [2.05, 4.69) is 29.5 Å². The molecule has 21 heavy (non-hydrogen) atoms. The van der Waals surface area contributed by atoms with Crippen molar-refractivity contribution in [2.45, 2.75) is 71.8 Å². The molecule has 1 atom stereocenters. The lowest BCUT2D eigenvalue weighted by Gasteiger charge is -2.27. The number of hydrogen-bond donors (Lipinski definition) is 2. The molecular formula is C15H25N3O2S. The van der Waals surface area contributed by atoms with Crippen LogP contribution in [0.3, 0.4) is 0 Å². The molecule has 0 aromatic carbocycles. The van der Waals surface area contributed by atoms with Crippen LogP contribution in [0.4, 0.5) is 4.79 Å². The molecule has 1 aromatic heterocycles. The molecular weight excluding hydrogens is 286 g/mol. The number of carbonyl (C=O) groups excluding carboxylic acids is 1. The minimum atomic E-state index is -0.352. The summed E-state index contributed by atoms with van der Waals surface area (Å²) in [5, 5.41) is 6.82. The lowest BCUT2D eigenvalue weighted by molar-refractivity contribution is -0.0690. The Morgan fingerprint density at radius 2 is 2.05 bits per heavy atom. The van der Waals surface area contributed by atoms with Crippen molar-refractivity contribution in [3.63, 3.8) is 0 Å². The van der Waals surface area contributed by atoms with Crippen molar-refractivity contribution in [2.75, 3.05) is 0 Å². The number of thiazole rings is 1. The molecule has 2 rings (SSSR count). The minimum absolute atomic E-state index is 0.00673. The SMILES string of the molecule is Cc1nc(CNC(=O)N[C@H]2CC(C)(C)OC2(C)C)sc1C. The molecule has 2 N–H and O–H groups in total. The Kier molecular flexibility index (Phi) is 4.31. The van der Waals surface area contributed by atoms with Crippen molar-refractivity contribution < 1.29 is 9.53 Å². The lowest BCUT2D eigenvalue weighted by atomic mass is 9.95. The number of urea groups is 1. The van der Waals surface area contributed by atoms with E-state index in [1.165, 1.54) is 4.88 Å². The van der Waals surface area contributed by atoms with Gasteiger partial charge in [0, 0.05) is 4.88 Å². The summed E-state index contributed by atoms with van der Waals surface area (Å²) in [5.74, 6) is 0. The summed E-state index contributed by atoms with van der Waals surface area (Å²) in [6.45, 7) is 12.6. The summed E-state index contributed by atoms with van der Waals surface area (Å²) in [6.07, 6.45) is 0.808. The fraction of sp³-hybridized carbons (Fsp3) is 0.733. The molecule has 6 heteroatoms. The molecule has 1 aromatic rings. The number of nitrogens with one attached hydrogen (secondary N) is 2. The van der Waals surface area contributed by atoms with Gasteiger partial charge in [-0.15, -0.1) is 11.3 Å². The van der Waals surface area contributed by atoms with E-state index in [1.807, 2.05) is 27.7 Å². The molecule has 5 nitrogen and oxygen atoms in total. The van der Waals surface area contributed by atoms with Crippen molar-refractivity contribution in [1.82, 2.24) is 15.6 Å². The second-order valence-corrected chi connectivity index (χ2v) is 8.09. The number of amides is 2. The van der Waals surface area contributed by atoms with Crippen LogP contribution in [0.5, 0.6) is 0 Å². The van der Waals surface area contributed by atoms with Crippen molar-refractivity contribution in [3.05, 3.63) is 15.6 Å². The highest BCUT2D eigenvalue weighted by Crippen LogP contribution is 2.37. The van der Waals surface area contributed by atoms with Crippen LogP contribution in [0.25, 0.3) is 0 Å². The summed E-state index contributed by atoms with van der Waals surface area (Å²) in [7, 11) is 0. The van der Waals surface area contributed by atoms with Crippen molar-refractivity contribution in [2.24, 2.45) is 0 Å². The molecule has 0 aliphatic carbocycles. The van der Waals surface area contributed by atoms with Gasteiger partial charge < -0.3 is 15.4 Å². The first kappa shape index (κ1) is 16.2. The second kappa shape index (κ2) is 5.57. The minimum Gasteiger partial charge on any atom is -0.367 e. The van der Waals surface area contributed by atoms with Gasteiger partial charge in [-0.25, -0.2) is 9.78 Å². The van der Waals surface area contributed by atoms with Gasteiger partial charge in [0.2, 0.25) is 0 Å². The fourth-order valence-corrected chi connectivity index (χ4v) is 3.64. The van der Waals surface area contributed by atoms with Crippen LogP contribution in [-0.2, 0) is 11.3 Å². The maximum atomic E-state index is 12.1. The molecule has 2 heterocycles. The number of hydrogen-bond acceptors (Lipinski definition) is 4. The second-order valence-electron chi connectivity index (χ2n) is 6.80. The van der Waals surface area contributed by atoms with E-state index in [0.717, 1.165) is 17.1 Å². The van der Waals surface area contributed by atoms with Gasteiger partial charge in [0.1, 0.15) is 5.01 Å². The van der Waals surface area contributed by atoms with Crippen LogP contribution < -0.4 is 10.6 Å². The largest absolute Gasteiger partial charge is 0.367 e. The third kappa shape index (κ3) is 3.95. The van der Waals surface area contributed by atoms with Crippen LogP contribution in [0.1, 0.15) is 49.7 Å². The van der Waals surface area contributed by atoms with Crippen molar-refractivity contribution in [3.8, 4) is 0 Å². The summed E-state index contributed by atoms with van der Waals surface area (Å²) in [5.41, 5.74) is 0.476. The molecule has 0 unspecified atom stereocenters. The van der Waals surface area contributed by atoms with Crippen LogP contribution in [0.15, 0.2) is 0 Å². The first-order valence-corrected chi connectivity index (χ1v) is 8.08. The van der Waals surface area contributed by atoms with E-state index < -0.39 is 0 Å². The Morgan fingerprint density at radius 3 is 2.52 bits per heavy atom. The van der Waals surface area contributed by atoms with Crippen molar-refractivity contribution >= 4 is 17.4 Å². The maximum absolute atomic E-state index is 12.1. The molecule has 1 saturated heterocycles. The summed E-state index contributed by atoms with van der Waals surface area (Å²) < 4.78 is 5.98. The molecule has 0 saturated carbocycles. The van der Waals surface area contributed by atoms with Gasteiger partial charge in [-0.3, -0.25) is 0 Å². The van der Waals surface area contributed by atoms with Crippen LogP contribution in [-0.4, -0.2) is 28.3 Å². The summed E-state index contributed by atoms with van der Waals surface area (Å²) in [4.78, 5) is 17.7. The van der Waals surface area contributed by atoms with Gasteiger partial charge in [0.25, 0.3) is 0 Å². The topological polar surface area (TPSA) is 63.2 Å². The van der Waals surface area contributed by atoms with E-state index in [4.69, 9.17) is 4.74 Å². The van der Waals surface area contributed by atoms with E-state index in [0.29, 0.717) is 6.54 Å². The predicted octanol–water partition coefficient (Wildman–Crippen LogP) is 2.91. The standard InChI is InChI=1S/C15H25N3O2S/c1-9-10(2)21-12(17-9)8-16-13(19)18-11-7-14(3,4)20-15(11,5)6/h11H,7-8H2,1-6H3,(H2,16,18,19)/t11-/m0/s1. The zero-order chi connectivity index (χ0) is 15.8. The Bertz CT molecular complexity index is 518. The number of carbonyl (C=O) groups is 1. The number of nitrogens with zero attached hydrogens (tertiary/aromatic N) is 1. The third-order valence-electron chi connectivity index (χ3n) is 3.85. The summed E-state index contributed by atoms with van der Waals surface area (Å²) >= 11 is 1.62. The van der Waals surface area contributed by atoms with Gasteiger partial charge in [-0.1, -0.05) is 0 Å². The van der Waals surface area contributed by atoms with Crippen molar-refractivity contribution in [1.29, 1.82) is 0 Å². The summed E-state index contributed by atoms with van der Waals surface area (Å²) in [6, 6.07) is -0.160. The zero-order valence-corrected chi connectivity index (χ0v) is 14.5. The average molecular weight is 311 g/mol. The highest BCUT2D eigenvalue weighted by atomic mass is 32.1. The Morgan fingerprint density at radius 1 is 1.38 bits per heavy atom. The Balaban J connectivity index is 1.87. The van der Waals surface area contributed by atoms with Crippen LogP contribution in [0, 0.1) is 13.8 Å². The fourth-order valence-electron chi connectivity index (χ4n) is 2.77. The molecule has 2 amide bonds. The zero-order valence-electron chi connectivity index (χ0n) is 13.7. The third-order valence-corrected chi connectivity index (χ3v) is 4.93. The van der Waals surface area contributed by atoms with Gasteiger partial charge in [0.15, 0.2) is 0 Å². The molecule has 1 aliphatic rings. The van der Waals surface area contributed by atoms with Crippen LogP contribution in [0.2, 0.25) is 0 Å². The monoisotopic (exact) mass is 311 g/mol. The molecule has 1 fully saturated rings. The number of rotatable bonds is 3. The maximum Gasteiger partial charge on any atom is 0.315 e. The molecule has 0 radical (unpaired) electrons. The quantitative estimate of drug-likeness (QED) is 0.902. The highest BCUT2D eigenvalue weighted by Gasteiger charge is 2.46. The number of ether oxygens (including phenoxy) is 1. The number of aryl methyl sites for hydroxylation is 2. The van der Waals surface area contributed by atoms with Gasteiger partial charge in [-0.05, 0) is 48.0 Å². The van der Waals surface area contributed by atoms with Gasteiger partial charge >= 0.3 is 6.03 Å². The molecule has 0 spiro atoms. The first-order chi connectivity index (χ1) is 9.59. The van der Waals surface area contributed by atoms with Gasteiger partial charge in [-0.2, -0.15) is 0 Å². The highest BCUT2D eigenvalue weighted by molar-refractivity contribution is 7.11. The Hall–Kier alpha value is -1.14. The van der Waals surface area contributed by atoms with E-state index in [1.54, 1.807) is 11.3 Å². The predicted molar refractivity (Wildman–Crippen MR) is 84.6 cm³/mol. The van der Waals surface area contributed by atoms with E-state index >= 15 is 0 Å². The first-order valence-electron chi connectivity index (χ1n) is 7.26. The molecule has 118 valence electrons. The lowest BCUT2D eigenvalue weighted by Crippen LogP contribution is -2.49. The molecule has 0 bridgehead atoms. The Labute approximate surface area is 130 Å². The van der Waals surface area contributed by atoms with E-state index in [-0.39, 0.29) is 23.3 Å². The van der Waals surface area contributed by atoms with Crippen LogP contribution >= 0.6 is 11.3 Å². The van der Waals surface area contributed by atoms with Gasteiger partial charge in [0.05, 0.1) is 29.5 Å². The normalized spacial score (nSPS) is 23.0. The smallest absolute Gasteiger partial charge is 0.315 e.